The van der Waals surface area contributed by atoms with E-state index in [1.54, 1.807) is 12.1 Å². The van der Waals surface area contributed by atoms with Crippen LogP contribution in [0.4, 0.5) is 0 Å². The average molecular weight is 205 g/mol. The second kappa shape index (κ2) is 5.18. The van der Waals surface area contributed by atoms with Crippen LogP contribution >= 0.6 is 0 Å². The van der Waals surface area contributed by atoms with Crippen LogP contribution < -0.4 is 5.46 Å². The van der Waals surface area contributed by atoms with Gasteiger partial charge in [-0.3, -0.25) is 0 Å². The van der Waals surface area contributed by atoms with Gasteiger partial charge >= 0.3 is 75.6 Å². The van der Waals surface area contributed by atoms with E-state index < -0.39 is 0 Å². The second-order valence-corrected chi connectivity index (χ2v) is 2.67. The number of aromatic nitrogens is 1. The molecule has 6 heteroatoms. The van der Waals surface area contributed by atoms with Gasteiger partial charge in [0.05, 0.1) is 0 Å². The second-order valence-electron chi connectivity index (χ2n) is 2.67. The monoisotopic (exact) mass is 205 g/mol. The van der Waals surface area contributed by atoms with Crippen molar-refractivity contribution in [1.29, 1.82) is 0 Å². The Morgan fingerprint density at radius 3 is 2.47 bits per heavy atom. The maximum absolute atomic E-state index is 8.95. The molecule has 0 aliphatic carbocycles. The van der Waals surface area contributed by atoms with E-state index in [0.717, 1.165) is 5.56 Å². The predicted molar refractivity (Wildman–Crippen MR) is 52.9 cm³/mol. The molecule has 0 amide bonds. The summed E-state index contributed by atoms with van der Waals surface area (Å²) in [6.45, 7) is 0. The topological polar surface area (TPSA) is 106 Å². The molecular weight excluding hydrogens is 197 g/mol. The molecule has 0 atom stereocenters. The van der Waals surface area contributed by atoms with Crippen LogP contribution in [0, 0.1) is 0 Å². The predicted octanol–water partition coefficient (Wildman–Crippen LogP) is 0.487. The van der Waals surface area contributed by atoms with Crippen molar-refractivity contribution in [1.82, 2.24) is 5.16 Å². The van der Waals surface area contributed by atoms with Crippen LogP contribution in [0.5, 0.6) is 5.88 Å². The summed E-state index contributed by atoms with van der Waals surface area (Å²) in [6, 6.07) is 8.61. The molecule has 0 unspecified atom stereocenters. The Labute approximate surface area is 87.4 Å². The summed E-state index contributed by atoms with van der Waals surface area (Å²) in [5.74, 6) is 0.377. The zero-order valence-corrected chi connectivity index (χ0v) is 7.66. The van der Waals surface area contributed by atoms with Crippen LogP contribution in [0.15, 0.2) is 34.9 Å². The normalized spacial score (nSPS) is 8.93. The van der Waals surface area contributed by atoms with Gasteiger partial charge in [0, 0.05) is 0 Å². The first-order chi connectivity index (χ1) is 6.25. The zero-order valence-electron chi connectivity index (χ0n) is 7.66. The molecule has 0 spiro atoms. The molecule has 2 rings (SSSR count). The molecule has 0 bridgehead atoms. The van der Waals surface area contributed by atoms with E-state index in [4.69, 9.17) is 17.5 Å². The Bertz CT molecular complexity index is 430. The van der Waals surface area contributed by atoms with Crippen LogP contribution in [0.25, 0.3) is 11.3 Å². The number of benzene rings is 1. The minimum absolute atomic E-state index is 0. The van der Waals surface area contributed by atoms with Crippen molar-refractivity contribution in [2.45, 2.75) is 0 Å². The fourth-order valence-corrected chi connectivity index (χ4v) is 1.09. The van der Waals surface area contributed by atoms with Crippen LogP contribution in [-0.2, 0) is 0 Å². The maximum Gasteiger partial charge on any atom is -0.870 e. The van der Waals surface area contributed by atoms with Gasteiger partial charge in [-0.2, -0.15) is 0 Å². The van der Waals surface area contributed by atoms with Crippen molar-refractivity contribution in [3.8, 4) is 17.2 Å². The molecule has 0 saturated carbocycles. The summed E-state index contributed by atoms with van der Waals surface area (Å²) in [6.07, 6.45) is 0. The van der Waals surface area contributed by atoms with Gasteiger partial charge in [-0.05, 0) is 0 Å². The molecule has 76 valence electrons. The summed E-state index contributed by atoms with van der Waals surface area (Å²) < 4.78 is 4.85. The molecular formula is C9H8BNO4. The van der Waals surface area contributed by atoms with Crippen molar-refractivity contribution in [3.63, 3.8) is 0 Å². The van der Waals surface area contributed by atoms with E-state index in [1.165, 1.54) is 6.07 Å². The third-order valence-electron chi connectivity index (χ3n) is 1.67. The van der Waals surface area contributed by atoms with E-state index in [1.807, 2.05) is 12.1 Å². The van der Waals surface area contributed by atoms with Gasteiger partial charge in [-0.15, -0.1) is 0 Å². The van der Waals surface area contributed by atoms with Gasteiger partial charge in [0.25, 0.3) is 0 Å². The number of nitrogens with zero attached hydrogens (tertiary/aromatic N) is 1. The first-order valence-electron chi connectivity index (χ1n) is 3.77. The summed E-state index contributed by atoms with van der Waals surface area (Å²) >= 11 is 0. The summed E-state index contributed by atoms with van der Waals surface area (Å²) in [7, 11) is 5.58. The molecule has 1 heterocycles. The molecule has 0 saturated heterocycles. The third kappa shape index (κ3) is 2.83. The number of aromatic hydroxyl groups is 1. The summed E-state index contributed by atoms with van der Waals surface area (Å²) in [5.41, 5.74) is 1.45. The molecule has 3 N–H and O–H groups in total. The summed E-state index contributed by atoms with van der Waals surface area (Å²) in [5, 5.41) is 12.3. The molecule has 5 nitrogen and oxygen atoms in total. The maximum atomic E-state index is 8.95. The van der Waals surface area contributed by atoms with Crippen molar-refractivity contribution in [3.05, 3.63) is 30.3 Å². The average Bonchev–Trinajstić information content (AvgIpc) is 2.52. The molecule has 0 fully saturated rings. The van der Waals surface area contributed by atoms with Gasteiger partial charge in [0.2, 0.25) is 0 Å². The van der Waals surface area contributed by atoms with E-state index in [9.17, 15) is 0 Å². The van der Waals surface area contributed by atoms with Crippen LogP contribution in [0.1, 0.15) is 0 Å². The Morgan fingerprint density at radius 1 is 1.20 bits per heavy atom. The largest absolute Gasteiger partial charge is 0.870 e. The number of rotatable bonds is 1. The Balaban J connectivity index is 0.000000980. The Hall–Kier alpha value is -1.79. The van der Waals surface area contributed by atoms with Crippen LogP contribution in [0.2, 0.25) is 0 Å². The minimum atomic E-state index is -0.127. The summed E-state index contributed by atoms with van der Waals surface area (Å²) in [4.78, 5) is 0. The minimum Gasteiger partial charge on any atom is -0.870 e. The molecule has 1 aromatic heterocycles. The van der Waals surface area contributed by atoms with E-state index in [2.05, 4.69) is 5.16 Å². The van der Waals surface area contributed by atoms with E-state index >= 15 is 0 Å². The fraction of sp³-hybridized carbons (Fsp3) is 0. The van der Waals surface area contributed by atoms with Crippen molar-refractivity contribution in [2.75, 3.05) is 0 Å². The zero-order chi connectivity index (χ0) is 9.26. The molecule has 1 aromatic carbocycles. The Kier molecular flexibility index (Phi) is 4.57. The molecule has 2 aromatic rings. The molecule has 0 radical (unpaired) electrons. The van der Waals surface area contributed by atoms with Gasteiger partial charge in [-0.1, -0.05) is 0 Å². The van der Waals surface area contributed by atoms with E-state index in [-0.39, 0.29) is 16.8 Å². The van der Waals surface area contributed by atoms with Gasteiger partial charge in [0.1, 0.15) is 0 Å². The molecule has 0 aliphatic heterocycles. The first kappa shape index (κ1) is 13.2. The smallest absolute Gasteiger partial charge is 0.870 e. The Morgan fingerprint density at radius 2 is 1.93 bits per heavy atom. The van der Waals surface area contributed by atoms with Crippen molar-refractivity contribution in [2.24, 2.45) is 0 Å². The van der Waals surface area contributed by atoms with Gasteiger partial charge in [-0.25, -0.2) is 0 Å². The molecule has 0 aliphatic rings. The van der Waals surface area contributed by atoms with Crippen molar-refractivity contribution >= 4 is 13.3 Å². The fourth-order valence-electron chi connectivity index (χ4n) is 1.09. The van der Waals surface area contributed by atoms with Crippen LogP contribution in [0.3, 0.4) is 0 Å². The number of hydrogen-bond donors (Lipinski definition) is 1. The SMILES string of the molecule is [B+2]c1cccc(-c2cc(O)no2)c1.[OH-].[OH-]. The first-order valence-corrected chi connectivity index (χ1v) is 3.77. The third-order valence-corrected chi connectivity index (χ3v) is 1.67. The molecule has 15 heavy (non-hydrogen) atoms. The quantitative estimate of drug-likeness (QED) is 0.681. The standard InChI is InChI=1S/C9H6BNO2.2H2O/c10-7-3-1-2-6(4-7)8-5-9(12)11-13-8;;/h1-5H,(H,11,12);2*1H2/q+2;;/p-2. The number of hydrogen-bond acceptors (Lipinski definition) is 5. The van der Waals surface area contributed by atoms with Gasteiger partial charge < -0.3 is 11.0 Å². The van der Waals surface area contributed by atoms with Gasteiger partial charge in [0.15, 0.2) is 0 Å². The van der Waals surface area contributed by atoms with Crippen LogP contribution in [-0.4, -0.2) is 29.1 Å². The van der Waals surface area contributed by atoms with Crippen molar-refractivity contribution < 1.29 is 20.6 Å². The van der Waals surface area contributed by atoms with E-state index in [0.29, 0.717) is 11.2 Å².